The lowest BCUT2D eigenvalue weighted by atomic mass is 10.0. The van der Waals surface area contributed by atoms with Gasteiger partial charge in [0.2, 0.25) is 11.8 Å². The van der Waals surface area contributed by atoms with Crippen molar-refractivity contribution in [3.05, 3.63) is 64.9 Å². The van der Waals surface area contributed by atoms with Crippen molar-refractivity contribution in [2.75, 3.05) is 12.4 Å². The number of ketones is 1. The number of amides is 2. The molecule has 0 saturated heterocycles. The molecule has 10 nitrogen and oxygen atoms in total. The number of nitrogens with zero attached hydrogens (tertiary/aromatic N) is 6. The van der Waals surface area contributed by atoms with Crippen molar-refractivity contribution >= 4 is 50.2 Å². The molecule has 0 bridgehead atoms. The number of rotatable bonds is 8. The van der Waals surface area contributed by atoms with E-state index in [1.807, 2.05) is 32.0 Å². The van der Waals surface area contributed by atoms with E-state index in [1.54, 1.807) is 37.6 Å². The SMILES string of the molecule is CC[C@@H](C(=O)Nc1cccc(Br)n1)N(C)C(=O)Cn1nc(C(C)=O)c2cc(-c3cnc(C)nc3)ccc21. The summed E-state index contributed by atoms with van der Waals surface area (Å²) in [6.45, 7) is 4.94. The van der Waals surface area contributed by atoms with Crippen LogP contribution in [-0.4, -0.2) is 60.3 Å². The lowest BCUT2D eigenvalue weighted by Crippen LogP contribution is -2.46. The van der Waals surface area contributed by atoms with E-state index >= 15 is 0 Å². The fourth-order valence-corrected chi connectivity index (χ4v) is 4.36. The van der Waals surface area contributed by atoms with Gasteiger partial charge in [-0.05, 0) is 59.1 Å². The summed E-state index contributed by atoms with van der Waals surface area (Å²) >= 11 is 3.28. The Morgan fingerprint density at radius 3 is 2.49 bits per heavy atom. The number of aryl methyl sites for hydroxylation is 1. The van der Waals surface area contributed by atoms with E-state index in [-0.39, 0.29) is 29.8 Å². The average molecular weight is 564 g/mol. The molecule has 0 aliphatic rings. The monoisotopic (exact) mass is 563 g/mol. The van der Waals surface area contributed by atoms with E-state index in [0.29, 0.717) is 33.6 Å². The number of carbonyl (C=O) groups is 3. The van der Waals surface area contributed by atoms with Gasteiger partial charge < -0.3 is 10.2 Å². The van der Waals surface area contributed by atoms with Crippen LogP contribution in [0.5, 0.6) is 0 Å². The van der Waals surface area contributed by atoms with Crippen molar-refractivity contribution in [3.63, 3.8) is 0 Å². The first kappa shape index (κ1) is 26.1. The molecule has 1 N–H and O–H groups in total. The van der Waals surface area contributed by atoms with Crippen LogP contribution in [0.3, 0.4) is 0 Å². The number of pyridine rings is 1. The van der Waals surface area contributed by atoms with Crippen molar-refractivity contribution in [3.8, 4) is 11.1 Å². The first-order valence-electron chi connectivity index (χ1n) is 11.7. The predicted molar refractivity (Wildman–Crippen MR) is 143 cm³/mol. The molecule has 37 heavy (non-hydrogen) atoms. The van der Waals surface area contributed by atoms with Crippen LogP contribution < -0.4 is 5.32 Å². The van der Waals surface area contributed by atoms with Gasteiger partial charge in [0.1, 0.15) is 34.5 Å². The maximum atomic E-state index is 13.2. The molecule has 190 valence electrons. The number of aromatic nitrogens is 5. The number of Topliss-reactive ketones (excluding diaryl/α,β-unsaturated/α-hetero) is 1. The summed E-state index contributed by atoms with van der Waals surface area (Å²) < 4.78 is 2.09. The van der Waals surface area contributed by atoms with Crippen molar-refractivity contribution in [1.29, 1.82) is 0 Å². The predicted octanol–water partition coefficient (Wildman–Crippen LogP) is 4.04. The van der Waals surface area contributed by atoms with E-state index in [9.17, 15) is 14.4 Å². The van der Waals surface area contributed by atoms with Crippen LogP contribution >= 0.6 is 15.9 Å². The Morgan fingerprint density at radius 2 is 1.84 bits per heavy atom. The van der Waals surface area contributed by atoms with E-state index < -0.39 is 6.04 Å². The highest BCUT2D eigenvalue weighted by Gasteiger charge is 2.27. The van der Waals surface area contributed by atoms with Crippen molar-refractivity contribution in [2.45, 2.75) is 39.8 Å². The number of anilines is 1. The average Bonchev–Trinajstić information content (AvgIpc) is 3.22. The fraction of sp³-hybridized carbons (Fsp3) is 0.269. The quantitative estimate of drug-likeness (QED) is 0.253. The molecule has 1 aromatic carbocycles. The fourth-order valence-electron chi connectivity index (χ4n) is 4.02. The van der Waals surface area contributed by atoms with Crippen LogP contribution in [0.15, 0.2) is 53.4 Å². The van der Waals surface area contributed by atoms with Crippen molar-refractivity contribution in [1.82, 2.24) is 29.6 Å². The molecule has 3 heterocycles. The van der Waals surface area contributed by atoms with Gasteiger partial charge in [-0.15, -0.1) is 0 Å². The second-order valence-corrected chi connectivity index (χ2v) is 9.39. The van der Waals surface area contributed by atoms with Crippen LogP contribution in [0.25, 0.3) is 22.0 Å². The van der Waals surface area contributed by atoms with Crippen molar-refractivity contribution in [2.24, 2.45) is 0 Å². The van der Waals surface area contributed by atoms with E-state index in [2.05, 4.69) is 41.3 Å². The molecule has 4 rings (SSSR count). The van der Waals surface area contributed by atoms with Gasteiger partial charge in [0.15, 0.2) is 5.78 Å². The highest BCUT2D eigenvalue weighted by molar-refractivity contribution is 9.10. The van der Waals surface area contributed by atoms with Crippen LogP contribution in [0.1, 0.15) is 36.6 Å². The van der Waals surface area contributed by atoms with E-state index in [4.69, 9.17) is 0 Å². The van der Waals surface area contributed by atoms with Gasteiger partial charge in [-0.2, -0.15) is 5.10 Å². The third-order valence-corrected chi connectivity index (χ3v) is 6.44. The zero-order chi connectivity index (χ0) is 26.7. The summed E-state index contributed by atoms with van der Waals surface area (Å²) in [5.41, 5.74) is 2.55. The van der Waals surface area contributed by atoms with Gasteiger partial charge in [-0.1, -0.05) is 19.1 Å². The van der Waals surface area contributed by atoms with Gasteiger partial charge in [0.25, 0.3) is 0 Å². The number of halogens is 1. The van der Waals surface area contributed by atoms with Gasteiger partial charge in [-0.3, -0.25) is 19.1 Å². The summed E-state index contributed by atoms with van der Waals surface area (Å²) in [4.78, 5) is 52.6. The second kappa shape index (κ2) is 11.0. The molecule has 0 spiro atoms. The standard InChI is InChI=1S/C26H26BrN7O3/c1-5-20(26(37)31-23-8-6-7-22(27)30-23)33(4)24(36)14-34-21-10-9-17(18-12-28-16(3)29-13-18)11-19(21)25(32-34)15(2)35/h6-13,20H,5,14H2,1-4H3,(H,30,31,37)/t20-/m0/s1. The molecule has 4 aromatic rings. The minimum Gasteiger partial charge on any atom is -0.332 e. The number of carbonyl (C=O) groups excluding carboxylic acids is 3. The topological polar surface area (TPSA) is 123 Å². The van der Waals surface area contributed by atoms with Crippen LogP contribution in [0, 0.1) is 6.92 Å². The normalized spacial score (nSPS) is 11.8. The van der Waals surface area contributed by atoms with Gasteiger partial charge in [0, 0.05) is 37.3 Å². The Bertz CT molecular complexity index is 1480. The molecule has 0 unspecified atom stereocenters. The number of hydrogen-bond donors (Lipinski definition) is 1. The summed E-state index contributed by atoms with van der Waals surface area (Å²) in [5, 5.41) is 7.83. The van der Waals surface area contributed by atoms with Crippen LogP contribution in [0.4, 0.5) is 5.82 Å². The Morgan fingerprint density at radius 1 is 1.11 bits per heavy atom. The smallest absolute Gasteiger partial charge is 0.248 e. The molecule has 1 atom stereocenters. The Hall–Kier alpha value is -3.99. The lowest BCUT2D eigenvalue weighted by Gasteiger charge is -2.26. The zero-order valence-electron chi connectivity index (χ0n) is 20.9. The summed E-state index contributed by atoms with van der Waals surface area (Å²) in [7, 11) is 1.58. The maximum Gasteiger partial charge on any atom is 0.248 e. The highest BCUT2D eigenvalue weighted by Crippen LogP contribution is 2.27. The minimum atomic E-state index is -0.712. The molecule has 2 amide bonds. The number of likely N-dealkylation sites (N-methyl/N-ethyl adjacent to an activating group) is 1. The largest absolute Gasteiger partial charge is 0.332 e. The van der Waals surface area contributed by atoms with Crippen molar-refractivity contribution < 1.29 is 14.4 Å². The summed E-state index contributed by atoms with van der Waals surface area (Å²) in [6.07, 6.45) is 3.85. The van der Waals surface area contributed by atoms with Crippen LogP contribution in [0.2, 0.25) is 0 Å². The maximum absolute atomic E-state index is 13.2. The Kier molecular flexibility index (Phi) is 7.72. The minimum absolute atomic E-state index is 0.133. The molecule has 0 radical (unpaired) electrons. The molecule has 11 heteroatoms. The number of fused-ring (bicyclic) bond motifs is 1. The Balaban J connectivity index is 1.58. The highest BCUT2D eigenvalue weighted by atomic mass is 79.9. The second-order valence-electron chi connectivity index (χ2n) is 8.58. The first-order valence-corrected chi connectivity index (χ1v) is 12.5. The third-order valence-electron chi connectivity index (χ3n) is 6.00. The van der Waals surface area contributed by atoms with E-state index in [1.165, 1.54) is 16.5 Å². The molecular formula is C26H26BrN7O3. The third kappa shape index (κ3) is 5.72. The van der Waals surface area contributed by atoms with Crippen LogP contribution in [-0.2, 0) is 16.1 Å². The summed E-state index contributed by atoms with van der Waals surface area (Å²) in [6, 6.07) is 10.0. The first-order chi connectivity index (χ1) is 17.7. The number of hydrogen-bond acceptors (Lipinski definition) is 7. The lowest BCUT2D eigenvalue weighted by molar-refractivity contribution is -0.137. The number of nitrogens with one attached hydrogen (secondary N) is 1. The summed E-state index contributed by atoms with van der Waals surface area (Å²) in [5.74, 6) is 0.173. The molecule has 0 saturated carbocycles. The molecule has 3 aromatic heterocycles. The molecular weight excluding hydrogens is 538 g/mol. The van der Waals surface area contributed by atoms with Gasteiger partial charge in [-0.25, -0.2) is 15.0 Å². The number of benzene rings is 1. The van der Waals surface area contributed by atoms with Gasteiger partial charge in [0.05, 0.1) is 5.52 Å². The molecule has 0 aliphatic heterocycles. The van der Waals surface area contributed by atoms with Gasteiger partial charge >= 0.3 is 0 Å². The molecule has 0 aliphatic carbocycles. The zero-order valence-corrected chi connectivity index (χ0v) is 22.5. The molecule has 0 fully saturated rings. The van der Waals surface area contributed by atoms with E-state index in [0.717, 1.165) is 11.1 Å². The Labute approximate surface area is 222 Å².